The fraction of sp³-hybridized carbons (Fsp3) is 0.532. The Hall–Kier alpha value is -9.38. The summed E-state index contributed by atoms with van der Waals surface area (Å²) < 4.78 is 17.8. The van der Waals surface area contributed by atoms with Gasteiger partial charge in [-0.1, -0.05) is 153 Å². The lowest BCUT2D eigenvalue weighted by Crippen LogP contribution is -2.60. The molecular formula is C77H107N11O14. The molecule has 0 aromatic heterocycles. The average Bonchev–Trinajstić information content (AvgIpc) is 1.26. The van der Waals surface area contributed by atoms with Crippen LogP contribution in [-0.4, -0.2) is 175 Å². The second kappa shape index (κ2) is 39.2. The van der Waals surface area contributed by atoms with Gasteiger partial charge in [0.05, 0.1) is 61.0 Å². The highest BCUT2D eigenvalue weighted by Crippen LogP contribution is 2.32. The Balaban J connectivity index is 1.04. The number of primary amides is 1. The van der Waals surface area contributed by atoms with E-state index in [0.29, 0.717) is 53.9 Å². The molecule has 2 aliphatic rings. The number of nitrogens with one attached hydrogen (secondary N) is 6. The quantitative estimate of drug-likeness (QED) is 0.0165. The number of carbonyl (C=O) groups is 10. The number of aliphatic hydroxyl groups is 1. The van der Waals surface area contributed by atoms with E-state index in [1.807, 2.05) is 80.6 Å². The Morgan fingerprint density at radius 1 is 0.676 bits per heavy atom. The Kier molecular flexibility index (Phi) is 31.3. The van der Waals surface area contributed by atoms with Crippen molar-refractivity contribution in [1.82, 2.24) is 41.3 Å². The molecule has 0 bridgehead atoms. The monoisotopic (exact) mass is 1410 g/mol. The normalized spacial score (nSPS) is 16.5. The van der Waals surface area contributed by atoms with Gasteiger partial charge in [0, 0.05) is 71.1 Å². The van der Waals surface area contributed by atoms with Gasteiger partial charge < -0.3 is 71.7 Å². The number of nitrogens with two attached hydrogens (primary N) is 1. The van der Waals surface area contributed by atoms with Crippen LogP contribution in [0.25, 0.3) is 0 Å². The molecule has 6 rings (SSSR count). The van der Waals surface area contributed by atoms with Gasteiger partial charge in [0.2, 0.25) is 47.3 Å². The fourth-order valence-electron chi connectivity index (χ4n) is 13.2. The number of amides is 11. The number of carbonyl (C=O) groups excluding carboxylic acids is 10. The summed E-state index contributed by atoms with van der Waals surface area (Å²) in [6.45, 7) is 18.6. The molecule has 12 atom stereocenters. The number of rotatable bonds is 35. The number of hydrogen-bond acceptors (Lipinski definition) is 14. The van der Waals surface area contributed by atoms with Crippen molar-refractivity contribution in [2.75, 3.05) is 51.6 Å². The first-order valence-corrected chi connectivity index (χ1v) is 35.4. The summed E-state index contributed by atoms with van der Waals surface area (Å²) in [7, 11) is 6.09. The third-order valence-electron chi connectivity index (χ3n) is 19.3. The maximum absolute atomic E-state index is 14.9. The molecule has 0 saturated carbocycles. The van der Waals surface area contributed by atoms with Crippen LogP contribution < -0.4 is 42.5 Å². The maximum atomic E-state index is 14.9. The van der Waals surface area contributed by atoms with Crippen LogP contribution in [0.15, 0.2) is 103 Å². The van der Waals surface area contributed by atoms with Crippen molar-refractivity contribution < 1.29 is 67.3 Å². The number of likely N-dealkylation sites (tertiary alicyclic amines) is 1. The van der Waals surface area contributed by atoms with Crippen molar-refractivity contribution in [2.45, 2.75) is 194 Å². The van der Waals surface area contributed by atoms with Crippen LogP contribution in [0.3, 0.4) is 0 Å². The molecule has 11 amide bonds. The van der Waals surface area contributed by atoms with Crippen LogP contribution in [-0.2, 0) is 65.7 Å². The highest BCUT2D eigenvalue weighted by Gasteiger charge is 2.44. The zero-order valence-electron chi connectivity index (χ0n) is 61.6. The first kappa shape index (κ1) is 81.6. The van der Waals surface area contributed by atoms with Crippen LogP contribution in [0.2, 0.25) is 0 Å². The predicted octanol–water partition coefficient (Wildman–Crippen LogP) is 7.32. The second-order valence-corrected chi connectivity index (χ2v) is 27.7. The van der Waals surface area contributed by atoms with E-state index in [9.17, 15) is 53.1 Å². The molecule has 2 unspecified atom stereocenters. The van der Waals surface area contributed by atoms with Crippen LogP contribution in [0, 0.1) is 41.4 Å². The van der Waals surface area contributed by atoms with E-state index in [1.165, 1.54) is 26.2 Å². The number of methoxy groups -OCH3 is 2. The van der Waals surface area contributed by atoms with Crippen LogP contribution in [0.4, 0.5) is 21.0 Å². The van der Waals surface area contributed by atoms with Crippen LogP contribution in [0.1, 0.15) is 155 Å². The van der Waals surface area contributed by atoms with Crippen molar-refractivity contribution in [3.8, 4) is 11.8 Å². The van der Waals surface area contributed by atoms with E-state index in [1.54, 1.807) is 114 Å². The third-order valence-corrected chi connectivity index (χ3v) is 19.3. The van der Waals surface area contributed by atoms with Crippen molar-refractivity contribution in [2.24, 2.45) is 35.3 Å². The van der Waals surface area contributed by atoms with Crippen molar-refractivity contribution in [1.29, 1.82) is 0 Å². The average molecular weight is 1410 g/mol. The van der Waals surface area contributed by atoms with Crippen LogP contribution >= 0.6 is 0 Å². The molecule has 0 aliphatic carbocycles. The lowest BCUT2D eigenvalue weighted by Gasteiger charge is -2.41. The number of para-hydroxylation sites is 1. The molecule has 0 spiro atoms. The number of urea groups is 1. The molecule has 4 aromatic rings. The molecular weight excluding hydrogens is 1300 g/mol. The van der Waals surface area contributed by atoms with Gasteiger partial charge in [-0.3, -0.25) is 43.3 Å². The minimum absolute atomic E-state index is 0.0581. The first-order chi connectivity index (χ1) is 48.5. The topological polar surface area (TPSA) is 330 Å². The molecule has 2 heterocycles. The molecule has 2 aliphatic heterocycles. The lowest BCUT2D eigenvalue weighted by atomic mass is 9.89. The van der Waals surface area contributed by atoms with Gasteiger partial charge in [-0.2, -0.15) is 0 Å². The third kappa shape index (κ3) is 22.3. The molecule has 102 heavy (non-hydrogen) atoms. The number of nitrogens with zero attached hydrogens (tertiary/aromatic N) is 4. The van der Waals surface area contributed by atoms with Crippen molar-refractivity contribution in [3.63, 3.8) is 0 Å². The Morgan fingerprint density at radius 2 is 1.31 bits per heavy atom. The molecule has 1 saturated heterocycles. The molecule has 554 valence electrons. The summed E-state index contributed by atoms with van der Waals surface area (Å²) in [5, 5.41) is 27.7. The van der Waals surface area contributed by atoms with Gasteiger partial charge >= 0.3 is 12.1 Å². The predicted molar refractivity (Wildman–Crippen MR) is 388 cm³/mol. The second-order valence-electron chi connectivity index (χ2n) is 27.7. The standard InChI is InChI=1S/C77H107N11O14/c1-15-49(8)68(61(100-13)43-64(91)87-42-24-32-60(87)70(101-14)50(9)71(93)80-51(10)69(92)55-27-17-16-18-28-55)85(11)75(97)66(47(4)5)84-74(96)67(48(6)7)86(12)77(99)102-45-52-33-37-57(38-34-52)81-72(94)58(30-23-41-79-76(78)98)82-73(95)65(46(2)3)83-62(89)39-40-63(90)88-44-56-29-20-19-25-53(56)35-36-54-26-21-22-31-59(54)88/h16-22,25-29,31,33-34,37-38,46-51,58,60-61,65-70,92H,15,23-24,30,32,39-45H2,1-14H3,(H,80,93)(H,81,94)(H,82,95)(H,83,89)(H,84,96)(H3,78,79,98)/t49-,50+,51+,58?,60-,61?,65-,66+,67-,68-,69+,70+/m0/s1. The van der Waals surface area contributed by atoms with E-state index >= 15 is 0 Å². The zero-order valence-corrected chi connectivity index (χ0v) is 61.6. The highest BCUT2D eigenvalue weighted by molar-refractivity contribution is 6.00. The number of anilines is 2. The van der Waals surface area contributed by atoms with E-state index in [2.05, 4.69) is 43.7 Å². The van der Waals surface area contributed by atoms with E-state index in [4.69, 9.17) is 19.9 Å². The highest BCUT2D eigenvalue weighted by atomic mass is 16.6. The van der Waals surface area contributed by atoms with Gasteiger partial charge in [-0.25, -0.2) is 9.59 Å². The van der Waals surface area contributed by atoms with Gasteiger partial charge in [0.1, 0.15) is 30.8 Å². The number of aliphatic hydroxyl groups excluding tert-OH is 1. The zero-order chi connectivity index (χ0) is 75.1. The number of fused-ring (bicyclic) bond motifs is 2. The summed E-state index contributed by atoms with van der Waals surface area (Å²) in [6, 6.07) is 23.4. The lowest BCUT2D eigenvalue weighted by molar-refractivity contribution is -0.148. The number of hydrogen-bond donors (Lipinski definition) is 8. The Labute approximate surface area is 600 Å². The summed E-state index contributed by atoms with van der Waals surface area (Å²) in [6.07, 6.45) is -1.54. The SMILES string of the molecule is CC[C@H](C)[C@@H](C(CC(=O)N1CCC[C@H]1[C@H](OC)[C@@H](C)C(=O)N[C@H](C)[C@@H](O)c1ccccc1)OC)N(C)C(=O)[C@H](NC(=O)[C@H](C(C)C)N(C)C(=O)OCc1ccc(NC(=O)C(CCCNC(N)=O)NC(=O)[C@@H](NC(=O)CCC(=O)N2Cc3ccccc3C#Cc3ccccc32)C(C)C)cc1)C(C)C. The van der Waals surface area contributed by atoms with Gasteiger partial charge in [-0.05, 0) is 103 Å². The number of likely N-dealkylation sites (N-methyl/N-ethyl adjacent to an activating group) is 2. The van der Waals surface area contributed by atoms with E-state index in [0.717, 1.165) is 11.1 Å². The molecule has 25 heteroatoms. The van der Waals surface area contributed by atoms with Crippen LogP contribution in [0.5, 0.6) is 0 Å². The molecule has 1 fully saturated rings. The van der Waals surface area contributed by atoms with E-state index < -0.39 is 126 Å². The van der Waals surface area contributed by atoms with Crippen molar-refractivity contribution >= 4 is 70.8 Å². The molecule has 9 N–H and O–H groups in total. The molecule has 0 radical (unpaired) electrons. The number of benzene rings is 4. The minimum Gasteiger partial charge on any atom is -0.445 e. The summed E-state index contributed by atoms with van der Waals surface area (Å²) in [4.78, 5) is 145. The summed E-state index contributed by atoms with van der Waals surface area (Å²) in [5.41, 5.74) is 9.74. The summed E-state index contributed by atoms with van der Waals surface area (Å²) in [5.74, 6) is 0.460. The van der Waals surface area contributed by atoms with Gasteiger partial charge in [0.15, 0.2) is 0 Å². The largest absolute Gasteiger partial charge is 0.445 e. The number of ether oxygens (including phenoxy) is 3. The summed E-state index contributed by atoms with van der Waals surface area (Å²) >= 11 is 0. The Bertz CT molecular complexity index is 3580. The van der Waals surface area contributed by atoms with Crippen molar-refractivity contribution in [3.05, 3.63) is 131 Å². The minimum atomic E-state index is -1.16. The first-order valence-electron chi connectivity index (χ1n) is 35.4. The fourth-order valence-corrected chi connectivity index (χ4v) is 13.2. The van der Waals surface area contributed by atoms with E-state index in [-0.39, 0.29) is 75.4 Å². The molecule has 4 aromatic carbocycles. The maximum Gasteiger partial charge on any atom is 0.410 e. The van der Waals surface area contributed by atoms with Gasteiger partial charge in [0.25, 0.3) is 0 Å². The van der Waals surface area contributed by atoms with Gasteiger partial charge in [-0.15, -0.1) is 0 Å². The Morgan fingerprint density at radius 3 is 1.94 bits per heavy atom. The molecule has 25 nitrogen and oxygen atoms in total. The smallest absolute Gasteiger partial charge is 0.410 e.